The van der Waals surface area contributed by atoms with E-state index in [0.29, 0.717) is 37.4 Å². The van der Waals surface area contributed by atoms with Crippen LogP contribution in [0.1, 0.15) is 17.7 Å². The number of aliphatic hydroxyl groups is 1. The Labute approximate surface area is 131 Å². The van der Waals surface area contributed by atoms with Gasteiger partial charge in [-0.3, -0.25) is 0 Å². The molecule has 1 aromatic rings. The fourth-order valence-electron chi connectivity index (χ4n) is 2.28. The quantitative estimate of drug-likeness (QED) is 0.843. The van der Waals surface area contributed by atoms with Crippen molar-refractivity contribution in [1.29, 1.82) is 0 Å². The van der Waals surface area contributed by atoms with E-state index in [1.807, 2.05) is 6.92 Å². The Hall–Kier alpha value is 0.01000. The van der Waals surface area contributed by atoms with Crippen molar-refractivity contribution in [3.8, 4) is 0 Å². The first-order chi connectivity index (χ1) is 9.45. The Morgan fingerprint density at radius 3 is 2.65 bits per heavy atom. The zero-order valence-corrected chi connectivity index (χ0v) is 14.4. The Morgan fingerprint density at radius 1 is 1.50 bits per heavy atom. The maximum absolute atomic E-state index is 12.6. The summed E-state index contributed by atoms with van der Waals surface area (Å²) in [6.45, 7) is 3.06. The topological polar surface area (TPSA) is 66.8 Å². The number of piperidine rings is 1. The first-order valence-electron chi connectivity index (χ1n) is 6.43. The average molecular weight is 384 g/mol. The molecule has 1 fully saturated rings. The molecule has 0 spiro atoms. The molecule has 1 aliphatic heterocycles. The van der Waals surface area contributed by atoms with Crippen LogP contribution in [0.25, 0.3) is 0 Å². The third-order valence-electron chi connectivity index (χ3n) is 3.31. The Balaban J connectivity index is 2.04. The summed E-state index contributed by atoms with van der Waals surface area (Å²) in [6.07, 6.45) is 1.39. The molecule has 2 rings (SSSR count). The summed E-state index contributed by atoms with van der Waals surface area (Å²) in [5.74, 6) is 0. The molecule has 1 aromatic heterocycles. The van der Waals surface area contributed by atoms with E-state index in [0.717, 1.165) is 8.66 Å². The molecule has 1 saturated heterocycles. The van der Waals surface area contributed by atoms with E-state index in [4.69, 9.17) is 9.84 Å². The van der Waals surface area contributed by atoms with Crippen LogP contribution in [0.15, 0.2) is 14.7 Å². The van der Waals surface area contributed by atoms with Gasteiger partial charge in [0.2, 0.25) is 10.0 Å². The third kappa shape index (κ3) is 3.61. The average Bonchev–Trinajstić information content (AvgIpc) is 2.76. The maximum Gasteiger partial charge on any atom is 0.244 e. The fourth-order valence-corrected chi connectivity index (χ4v) is 6.14. The molecule has 0 radical (unpaired) electrons. The van der Waals surface area contributed by atoms with Gasteiger partial charge in [0.05, 0.1) is 28.0 Å². The monoisotopic (exact) mass is 383 g/mol. The molecule has 114 valence electrons. The lowest BCUT2D eigenvalue weighted by Crippen LogP contribution is -2.41. The predicted octanol–water partition coefficient (Wildman–Crippen LogP) is 1.98. The molecule has 0 amide bonds. The molecule has 1 N–H and O–H groups in total. The van der Waals surface area contributed by atoms with Gasteiger partial charge in [-0.15, -0.1) is 11.3 Å². The predicted molar refractivity (Wildman–Crippen MR) is 81.6 cm³/mol. The first-order valence-corrected chi connectivity index (χ1v) is 9.48. The van der Waals surface area contributed by atoms with E-state index in [-0.39, 0.29) is 12.7 Å². The number of ether oxygens (including phenoxy) is 1. The van der Waals surface area contributed by atoms with E-state index in [9.17, 15) is 8.42 Å². The number of aryl methyl sites for hydroxylation is 1. The van der Waals surface area contributed by atoms with Crippen molar-refractivity contribution >= 4 is 37.3 Å². The molecule has 0 aliphatic carbocycles. The van der Waals surface area contributed by atoms with Crippen LogP contribution in [0.4, 0.5) is 0 Å². The highest BCUT2D eigenvalue weighted by Crippen LogP contribution is 2.32. The molecule has 0 unspecified atom stereocenters. The Morgan fingerprint density at radius 2 is 2.15 bits per heavy atom. The second kappa shape index (κ2) is 6.85. The van der Waals surface area contributed by atoms with Crippen molar-refractivity contribution in [3.63, 3.8) is 0 Å². The van der Waals surface area contributed by atoms with Crippen LogP contribution in [0, 0.1) is 6.92 Å². The van der Waals surface area contributed by atoms with Gasteiger partial charge in [0.25, 0.3) is 0 Å². The number of hydrogen-bond donors (Lipinski definition) is 1. The van der Waals surface area contributed by atoms with Gasteiger partial charge < -0.3 is 9.84 Å². The molecule has 8 heteroatoms. The van der Waals surface area contributed by atoms with Crippen LogP contribution in [-0.4, -0.2) is 50.2 Å². The van der Waals surface area contributed by atoms with Crippen molar-refractivity contribution in [2.75, 3.05) is 26.3 Å². The third-order valence-corrected chi connectivity index (χ3v) is 7.01. The molecule has 5 nitrogen and oxygen atoms in total. The second-order valence-electron chi connectivity index (χ2n) is 4.67. The van der Waals surface area contributed by atoms with Crippen LogP contribution in [0.2, 0.25) is 0 Å². The van der Waals surface area contributed by atoms with E-state index >= 15 is 0 Å². The van der Waals surface area contributed by atoms with Crippen LogP contribution in [-0.2, 0) is 14.8 Å². The second-order valence-corrected chi connectivity index (χ2v) is 9.21. The number of nitrogens with zero attached hydrogens (tertiary/aromatic N) is 1. The molecule has 2 heterocycles. The molecule has 0 aromatic carbocycles. The van der Waals surface area contributed by atoms with Crippen molar-refractivity contribution in [2.24, 2.45) is 0 Å². The number of aliphatic hydroxyl groups excluding tert-OH is 1. The standard InChI is InChI=1S/C12H18BrNO4S2/c1-9-11(8-12(13)19-9)20(16,17)14-4-2-10(3-5-14)18-7-6-15/h8,10,15H,2-7H2,1H3. The molecule has 0 saturated carbocycles. The van der Waals surface area contributed by atoms with Crippen LogP contribution in [0.5, 0.6) is 0 Å². The minimum Gasteiger partial charge on any atom is -0.394 e. The molecule has 20 heavy (non-hydrogen) atoms. The smallest absolute Gasteiger partial charge is 0.244 e. The fraction of sp³-hybridized carbons (Fsp3) is 0.667. The summed E-state index contributed by atoms with van der Waals surface area (Å²) in [5, 5.41) is 8.73. The molecule has 1 aliphatic rings. The van der Waals surface area contributed by atoms with E-state index in [1.54, 1.807) is 6.07 Å². The van der Waals surface area contributed by atoms with E-state index < -0.39 is 10.0 Å². The molecular formula is C12H18BrNO4S2. The number of halogens is 1. The van der Waals surface area contributed by atoms with Crippen LogP contribution >= 0.6 is 27.3 Å². The molecule has 0 bridgehead atoms. The van der Waals surface area contributed by atoms with E-state index in [2.05, 4.69) is 15.9 Å². The largest absolute Gasteiger partial charge is 0.394 e. The van der Waals surface area contributed by atoms with Crippen LogP contribution < -0.4 is 0 Å². The summed E-state index contributed by atoms with van der Waals surface area (Å²) in [6, 6.07) is 1.67. The summed E-state index contributed by atoms with van der Waals surface area (Å²) in [4.78, 5) is 1.19. The highest BCUT2D eigenvalue weighted by molar-refractivity contribution is 9.11. The van der Waals surface area contributed by atoms with Crippen molar-refractivity contribution in [1.82, 2.24) is 4.31 Å². The number of hydrogen-bond acceptors (Lipinski definition) is 5. The lowest BCUT2D eigenvalue weighted by atomic mass is 10.1. The SMILES string of the molecule is Cc1sc(Br)cc1S(=O)(=O)N1CCC(OCCO)CC1. The van der Waals surface area contributed by atoms with E-state index in [1.165, 1.54) is 15.6 Å². The van der Waals surface area contributed by atoms with Crippen molar-refractivity contribution < 1.29 is 18.3 Å². The Kier molecular flexibility index (Phi) is 5.61. The number of thiophene rings is 1. The van der Waals surface area contributed by atoms with Crippen LogP contribution in [0.3, 0.4) is 0 Å². The Bertz CT molecular complexity index is 550. The first kappa shape index (κ1) is 16.4. The number of sulfonamides is 1. The normalized spacial score (nSPS) is 18.6. The van der Waals surface area contributed by atoms with Gasteiger partial charge in [-0.2, -0.15) is 4.31 Å². The van der Waals surface area contributed by atoms with Gasteiger partial charge in [-0.1, -0.05) is 0 Å². The maximum atomic E-state index is 12.6. The van der Waals surface area contributed by atoms with Crippen molar-refractivity contribution in [2.45, 2.75) is 30.8 Å². The zero-order valence-electron chi connectivity index (χ0n) is 11.2. The highest BCUT2D eigenvalue weighted by Gasteiger charge is 2.31. The summed E-state index contributed by atoms with van der Waals surface area (Å²) in [7, 11) is -3.41. The summed E-state index contributed by atoms with van der Waals surface area (Å²) in [5.41, 5.74) is 0. The molecule has 0 atom stereocenters. The minimum absolute atomic E-state index is 0.000633. The number of rotatable bonds is 5. The van der Waals surface area contributed by atoms with Gasteiger partial charge in [-0.25, -0.2) is 8.42 Å². The van der Waals surface area contributed by atoms with Gasteiger partial charge in [0.15, 0.2) is 0 Å². The minimum atomic E-state index is -3.41. The molecular weight excluding hydrogens is 366 g/mol. The lowest BCUT2D eigenvalue weighted by molar-refractivity contribution is 0.00318. The van der Waals surface area contributed by atoms with Gasteiger partial charge in [0, 0.05) is 18.0 Å². The summed E-state index contributed by atoms with van der Waals surface area (Å²) < 4.78 is 32.9. The zero-order chi connectivity index (χ0) is 14.8. The van der Waals surface area contributed by atoms with Gasteiger partial charge >= 0.3 is 0 Å². The summed E-state index contributed by atoms with van der Waals surface area (Å²) >= 11 is 4.76. The van der Waals surface area contributed by atoms with Gasteiger partial charge in [-0.05, 0) is 41.8 Å². The lowest BCUT2D eigenvalue weighted by Gasteiger charge is -2.31. The van der Waals surface area contributed by atoms with Gasteiger partial charge in [0.1, 0.15) is 0 Å². The highest BCUT2D eigenvalue weighted by atomic mass is 79.9. The van der Waals surface area contributed by atoms with Crippen molar-refractivity contribution in [3.05, 3.63) is 14.7 Å².